The maximum Gasteiger partial charge on any atom is 0.246 e. The van der Waals surface area contributed by atoms with Gasteiger partial charge in [-0.1, -0.05) is 13.3 Å². The van der Waals surface area contributed by atoms with E-state index in [-0.39, 0.29) is 24.5 Å². The lowest BCUT2D eigenvalue weighted by molar-refractivity contribution is -0.127. The lowest BCUT2D eigenvalue weighted by Crippen LogP contribution is -2.32. The van der Waals surface area contributed by atoms with Gasteiger partial charge in [0.2, 0.25) is 11.8 Å². The quantitative estimate of drug-likeness (QED) is 0.366. The molecule has 0 aliphatic heterocycles. The molecule has 8 nitrogen and oxygen atoms in total. The topological polar surface area (TPSA) is 95.1 Å². The van der Waals surface area contributed by atoms with Crippen LogP contribution in [0.25, 0.3) is 0 Å². The molecule has 148 valence electrons. The molecule has 2 N–H and O–H groups in total. The van der Waals surface area contributed by atoms with Crippen molar-refractivity contribution in [1.82, 2.24) is 10.6 Å². The largest absolute Gasteiger partial charge is 0.377 e. The van der Waals surface area contributed by atoms with Gasteiger partial charge in [-0.2, -0.15) is 0 Å². The second-order valence-corrected chi connectivity index (χ2v) is 5.58. The Morgan fingerprint density at radius 1 is 0.880 bits per heavy atom. The van der Waals surface area contributed by atoms with Crippen molar-refractivity contribution < 1.29 is 28.5 Å². The van der Waals surface area contributed by atoms with E-state index >= 15 is 0 Å². The fourth-order valence-corrected chi connectivity index (χ4v) is 1.86. The van der Waals surface area contributed by atoms with Crippen molar-refractivity contribution in [1.29, 1.82) is 0 Å². The van der Waals surface area contributed by atoms with Crippen LogP contribution in [0, 0.1) is 0 Å². The molecule has 0 rings (SSSR count). The van der Waals surface area contributed by atoms with Gasteiger partial charge < -0.3 is 29.6 Å². The Labute approximate surface area is 150 Å². The van der Waals surface area contributed by atoms with Gasteiger partial charge in [0.25, 0.3) is 0 Å². The van der Waals surface area contributed by atoms with Gasteiger partial charge in [-0.05, 0) is 13.3 Å². The third kappa shape index (κ3) is 19.0. The van der Waals surface area contributed by atoms with Crippen molar-refractivity contribution >= 4 is 11.8 Å². The summed E-state index contributed by atoms with van der Waals surface area (Å²) in [6.45, 7) is 9.38. The molecule has 0 aromatic heterocycles. The highest BCUT2D eigenvalue weighted by atomic mass is 16.5. The van der Waals surface area contributed by atoms with E-state index in [9.17, 15) is 9.59 Å². The SMILES string of the molecule is CCCC(C)OCC(=O)NCCOCCOCCOCCNC(C)=O. The minimum absolute atomic E-state index is 0.0632. The zero-order valence-electron chi connectivity index (χ0n) is 15.8. The van der Waals surface area contributed by atoms with E-state index in [0.29, 0.717) is 52.7 Å². The number of carbonyl (C=O) groups excluding carboxylic acids is 2. The van der Waals surface area contributed by atoms with Crippen LogP contribution in [0.5, 0.6) is 0 Å². The number of ether oxygens (including phenoxy) is 4. The Bertz CT molecular complexity index is 341. The normalized spacial score (nSPS) is 12.0. The van der Waals surface area contributed by atoms with E-state index in [1.165, 1.54) is 6.92 Å². The van der Waals surface area contributed by atoms with Gasteiger partial charge in [-0.15, -0.1) is 0 Å². The van der Waals surface area contributed by atoms with Crippen LogP contribution < -0.4 is 10.6 Å². The summed E-state index contributed by atoms with van der Waals surface area (Å²) in [5.41, 5.74) is 0. The van der Waals surface area contributed by atoms with Crippen LogP contribution in [0.4, 0.5) is 0 Å². The van der Waals surface area contributed by atoms with Crippen molar-refractivity contribution in [3.05, 3.63) is 0 Å². The van der Waals surface area contributed by atoms with E-state index in [2.05, 4.69) is 17.6 Å². The predicted octanol–water partition coefficient (Wildman–Crippen LogP) is 0.494. The fourth-order valence-electron chi connectivity index (χ4n) is 1.86. The Morgan fingerprint density at radius 2 is 1.40 bits per heavy atom. The highest BCUT2D eigenvalue weighted by Crippen LogP contribution is 1.99. The Morgan fingerprint density at radius 3 is 1.92 bits per heavy atom. The van der Waals surface area contributed by atoms with Gasteiger partial charge in [-0.25, -0.2) is 0 Å². The van der Waals surface area contributed by atoms with Crippen molar-refractivity contribution in [2.45, 2.75) is 39.7 Å². The fraction of sp³-hybridized carbons (Fsp3) is 0.882. The van der Waals surface area contributed by atoms with Crippen molar-refractivity contribution in [3.63, 3.8) is 0 Å². The average Bonchev–Trinajstić information content (AvgIpc) is 2.57. The third-order valence-corrected chi connectivity index (χ3v) is 3.13. The van der Waals surface area contributed by atoms with Gasteiger partial charge in [-0.3, -0.25) is 9.59 Å². The van der Waals surface area contributed by atoms with Crippen LogP contribution in [0.1, 0.15) is 33.6 Å². The summed E-state index contributed by atoms with van der Waals surface area (Å²) in [5, 5.41) is 5.38. The number of carbonyl (C=O) groups is 2. The third-order valence-electron chi connectivity index (χ3n) is 3.13. The summed E-state index contributed by atoms with van der Waals surface area (Å²) < 4.78 is 21.4. The maximum absolute atomic E-state index is 11.5. The Kier molecular flexibility index (Phi) is 16.7. The molecule has 0 saturated heterocycles. The van der Waals surface area contributed by atoms with Crippen LogP contribution >= 0.6 is 0 Å². The van der Waals surface area contributed by atoms with Crippen molar-refractivity contribution in [2.24, 2.45) is 0 Å². The molecule has 0 aromatic carbocycles. The molecular weight excluding hydrogens is 328 g/mol. The van der Waals surface area contributed by atoms with Gasteiger partial charge in [0.15, 0.2) is 0 Å². The molecule has 1 atom stereocenters. The van der Waals surface area contributed by atoms with E-state index in [1.807, 2.05) is 6.92 Å². The zero-order chi connectivity index (χ0) is 18.8. The molecule has 0 saturated carbocycles. The molecule has 0 fully saturated rings. The first kappa shape index (κ1) is 23.8. The van der Waals surface area contributed by atoms with Crippen LogP contribution in [0.2, 0.25) is 0 Å². The first-order valence-electron chi connectivity index (χ1n) is 8.92. The second-order valence-electron chi connectivity index (χ2n) is 5.58. The number of hydrogen-bond acceptors (Lipinski definition) is 6. The molecule has 25 heavy (non-hydrogen) atoms. The summed E-state index contributed by atoms with van der Waals surface area (Å²) >= 11 is 0. The van der Waals surface area contributed by atoms with Gasteiger partial charge >= 0.3 is 0 Å². The highest BCUT2D eigenvalue weighted by Gasteiger charge is 2.05. The molecule has 0 radical (unpaired) electrons. The van der Waals surface area contributed by atoms with Crippen molar-refractivity contribution in [2.75, 3.05) is 59.3 Å². The molecule has 8 heteroatoms. The van der Waals surface area contributed by atoms with E-state index in [0.717, 1.165) is 12.8 Å². The molecule has 0 aliphatic rings. The molecule has 0 heterocycles. The van der Waals surface area contributed by atoms with Gasteiger partial charge in [0, 0.05) is 20.0 Å². The lowest BCUT2D eigenvalue weighted by Gasteiger charge is -2.12. The standard InChI is InChI=1S/C17H34N2O6/c1-4-5-15(2)25-14-17(21)19-7-9-23-11-13-24-12-10-22-8-6-18-16(3)20/h15H,4-14H2,1-3H3,(H,18,20)(H,19,21). The Balaban J connectivity index is 3.20. The second kappa shape index (κ2) is 17.6. The first-order valence-corrected chi connectivity index (χ1v) is 8.92. The molecule has 0 aromatic rings. The van der Waals surface area contributed by atoms with Gasteiger partial charge in [0.1, 0.15) is 6.61 Å². The number of hydrogen-bond donors (Lipinski definition) is 2. The number of rotatable bonds is 17. The molecule has 1 unspecified atom stereocenters. The summed E-state index contributed by atoms with van der Waals surface area (Å²) in [7, 11) is 0. The number of amides is 2. The summed E-state index contributed by atoms with van der Waals surface area (Å²) in [4.78, 5) is 22.1. The minimum atomic E-state index is -0.126. The smallest absolute Gasteiger partial charge is 0.246 e. The number of nitrogens with one attached hydrogen (secondary N) is 2. The molecular formula is C17H34N2O6. The molecule has 2 amide bonds. The summed E-state index contributed by atoms with van der Waals surface area (Å²) in [6.07, 6.45) is 2.11. The predicted molar refractivity (Wildman–Crippen MR) is 94.5 cm³/mol. The Hall–Kier alpha value is -1.22. The molecule has 0 spiro atoms. The lowest BCUT2D eigenvalue weighted by atomic mass is 10.2. The monoisotopic (exact) mass is 362 g/mol. The van der Waals surface area contributed by atoms with Crippen LogP contribution in [-0.2, 0) is 28.5 Å². The van der Waals surface area contributed by atoms with E-state index < -0.39 is 0 Å². The highest BCUT2D eigenvalue weighted by molar-refractivity contribution is 5.77. The molecule has 0 aliphatic carbocycles. The molecule has 0 bridgehead atoms. The summed E-state index contributed by atoms with van der Waals surface area (Å²) in [5.74, 6) is -0.189. The van der Waals surface area contributed by atoms with Crippen LogP contribution in [0.15, 0.2) is 0 Å². The van der Waals surface area contributed by atoms with Crippen LogP contribution in [0.3, 0.4) is 0 Å². The zero-order valence-corrected chi connectivity index (χ0v) is 15.8. The van der Waals surface area contributed by atoms with Crippen molar-refractivity contribution in [3.8, 4) is 0 Å². The first-order chi connectivity index (χ1) is 12.1. The van der Waals surface area contributed by atoms with Crippen LogP contribution in [-0.4, -0.2) is 77.3 Å². The van der Waals surface area contributed by atoms with E-state index in [4.69, 9.17) is 18.9 Å². The summed E-state index contributed by atoms with van der Waals surface area (Å²) in [6, 6.07) is 0. The minimum Gasteiger partial charge on any atom is -0.377 e. The average molecular weight is 362 g/mol. The van der Waals surface area contributed by atoms with E-state index in [1.54, 1.807) is 0 Å². The van der Waals surface area contributed by atoms with Gasteiger partial charge in [0.05, 0.1) is 45.7 Å². The maximum atomic E-state index is 11.5.